The van der Waals surface area contributed by atoms with Crippen LogP contribution in [0.15, 0.2) is 42.5 Å². The maximum Gasteiger partial charge on any atom is 0.167 e. The van der Waals surface area contributed by atoms with E-state index in [9.17, 15) is 4.79 Å². The highest BCUT2D eigenvalue weighted by Gasteiger charge is 2.09. The molecule has 0 spiro atoms. The summed E-state index contributed by atoms with van der Waals surface area (Å²) in [5, 5.41) is 0.661. The van der Waals surface area contributed by atoms with Gasteiger partial charge in [-0.3, -0.25) is 4.79 Å². The van der Waals surface area contributed by atoms with E-state index in [1.165, 1.54) is 0 Å². The summed E-state index contributed by atoms with van der Waals surface area (Å²) >= 11 is 8.35. The van der Waals surface area contributed by atoms with Crippen molar-refractivity contribution in [3.63, 3.8) is 0 Å². The van der Waals surface area contributed by atoms with Crippen LogP contribution in [0.3, 0.4) is 0 Å². The first-order chi connectivity index (χ1) is 8.56. The van der Waals surface area contributed by atoms with E-state index < -0.39 is 0 Å². The van der Waals surface area contributed by atoms with Gasteiger partial charge in [-0.2, -0.15) is 0 Å². The Morgan fingerprint density at radius 1 is 1.17 bits per heavy atom. The molecule has 0 N–H and O–H groups in total. The minimum atomic E-state index is 0.0946. The standard InChI is InChI=1S/C15H12ClIO/c1-10-2-3-12(14(16)8-10)9-15(18)11-4-6-13(17)7-5-11/h2-8H,9H2,1H3. The van der Waals surface area contributed by atoms with Crippen LogP contribution in [0.25, 0.3) is 0 Å². The van der Waals surface area contributed by atoms with E-state index in [1.54, 1.807) is 0 Å². The zero-order valence-electron chi connectivity index (χ0n) is 9.91. The highest BCUT2D eigenvalue weighted by atomic mass is 127. The number of halogens is 2. The average Bonchev–Trinajstić information content (AvgIpc) is 2.33. The van der Waals surface area contributed by atoms with Crippen molar-refractivity contribution in [3.05, 3.63) is 67.7 Å². The van der Waals surface area contributed by atoms with Gasteiger partial charge in [0.15, 0.2) is 5.78 Å². The average molecular weight is 371 g/mol. The molecule has 0 heterocycles. The Kier molecular flexibility index (Phi) is 4.40. The van der Waals surface area contributed by atoms with E-state index in [0.29, 0.717) is 11.4 Å². The number of hydrogen-bond donors (Lipinski definition) is 0. The highest BCUT2D eigenvalue weighted by molar-refractivity contribution is 14.1. The molecule has 0 bridgehead atoms. The molecule has 0 aromatic heterocycles. The highest BCUT2D eigenvalue weighted by Crippen LogP contribution is 2.19. The Hall–Kier alpha value is -0.870. The molecule has 0 fully saturated rings. The van der Waals surface area contributed by atoms with Crippen LogP contribution in [0.2, 0.25) is 5.02 Å². The summed E-state index contributed by atoms with van der Waals surface area (Å²) in [6.45, 7) is 1.98. The maximum atomic E-state index is 12.1. The third kappa shape index (κ3) is 3.33. The van der Waals surface area contributed by atoms with Gasteiger partial charge in [0.2, 0.25) is 0 Å². The molecular formula is C15H12ClIO. The molecule has 2 rings (SSSR count). The lowest BCUT2D eigenvalue weighted by Gasteiger charge is -2.05. The van der Waals surface area contributed by atoms with Gasteiger partial charge in [0, 0.05) is 20.6 Å². The zero-order valence-corrected chi connectivity index (χ0v) is 12.8. The van der Waals surface area contributed by atoms with Crippen molar-refractivity contribution < 1.29 is 4.79 Å². The summed E-state index contributed by atoms with van der Waals surface area (Å²) in [5.74, 6) is 0.0946. The van der Waals surface area contributed by atoms with Crippen LogP contribution in [0.5, 0.6) is 0 Å². The fourth-order valence-electron chi connectivity index (χ4n) is 1.71. The van der Waals surface area contributed by atoms with Gasteiger partial charge in [0.1, 0.15) is 0 Å². The summed E-state index contributed by atoms with van der Waals surface area (Å²) < 4.78 is 1.12. The van der Waals surface area contributed by atoms with E-state index >= 15 is 0 Å². The van der Waals surface area contributed by atoms with Crippen molar-refractivity contribution in [1.82, 2.24) is 0 Å². The molecule has 18 heavy (non-hydrogen) atoms. The van der Waals surface area contributed by atoms with Crippen molar-refractivity contribution in [1.29, 1.82) is 0 Å². The summed E-state index contributed by atoms with van der Waals surface area (Å²) in [5.41, 5.74) is 2.71. The largest absolute Gasteiger partial charge is 0.294 e. The predicted octanol–water partition coefficient (Wildman–Crippen LogP) is 4.68. The Bertz CT molecular complexity index is 576. The molecule has 0 saturated heterocycles. The van der Waals surface area contributed by atoms with Crippen LogP contribution in [-0.2, 0) is 6.42 Å². The molecule has 0 aliphatic heterocycles. The first-order valence-corrected chi connectivity index (χ1v) is 7.06. The second-order valence-electron chi connectivity index (χ2n) is 4.20. The van der Waals surface area contributed by atoms with Gasteiger partial charge in [0.05, 0.1) is 0 Å². The number of ketones is 1. The number of rotatable bonds is 3. The number of hydrogen-bond acceptors (Lipinski definition) is 1. The van der Waals surface area contributed by atoms with Gasteiger partial charge in [-0.05, 0) is 58.8 Å². The van der Waals surface area contributed by atoms with Crippen molar-refractivity contribution in [2.45, 2.75) is 13.3 Å². The molecule has 0 aliphatic carbocycles. The molecule has 0 saturated carbocycles. The van der Waals surface area contributed by atoms with E-state index in [-0.39, 0.29) is 5.78 Å². The molecule has 2 aromatic carbocycles. The molecule has 0 unspecified atom stereocenters. The molecule has 2 aromatic rings. The van der Waals surface area contributed by atoms with E-state index in [4.69, 9.17) is 11.6 Å². The van der Waals surface area contributed by atoms with Crippen LogP contribution in [-0.4, -0.2) is 5.78 Å². The molecule has 0 atom stereocenters. The van der Waals surface area contributed by atoms with Crippen molar-refractivity contribution in [2.24, 2.45) is 0 Å². The minimum absolute atomic E-state index is 0.0946. The van der Waals surface area contributed by atoms with Gasteiger partial charge in [0.25, 0.3) is 0 Å². The number of aryl methyl sites for hydroxylation is 1. The lowest BCUT2D eigenvalue weighted by molar-refractivity contribution is 0.0993. The molecule has 3 heteroatoms. The Morgan fingerprint density at radius 3 is 2.44 bits per heavy atom. The molecule has 1 nitrogen and oxygen atoms in total. The molecule has 92 valence electrons. The first kappa shape index (κ1) is 13.6. The van der Waals surface area contributed by atoms with Crippen molar-refractivity contribution >= 4 is 40.0 Å². The SMILES string of the molecule is Cc1ccc(CC(=O)c2ccc(I)cc2)c(Cl)c1. The number of Topliss-reactive ketones (excluding diaryl/α,β-unsaturated/α-hetero) is 1. The van der Waals surface area contributed by atoms with Gasteiger partial charge >= 0.3 is 0 Å². The monoisotopic (exact) mass is 370 g/mol. The van der Waals surface area contributed by atoms with Crippen LogP contribution < -0.4 is 0 Å². The second kappa shape index (κ2) is 5.85. The number of carbonyl (C=O) groups is 1. The smallest absolute Gasteiger partial charge is 0.167 e. The van der Waals surface area contributed by atoms with Gasteiger partial charge in [-0.25, -0.2) is 0 Å². The molecule has 0 aliphatic rings. The Balaban J connectivity index is 2.18. The third-order valence-corrected chi connectivity index (χ3v) is 3.80. The van der Waals surface area contributed by atoms with Crippen LogP contribution in [0.4, 0.5) is 0 Å². The Labute approximate surface area is 125 Å². The van der Waals surface area contributed by atoms with E-state index in [1.807, 2.05) is 49.4 Å². The maximum absolute atomic E-state index is 12.1. The minimum Gasteiger partial charge on any atom is -0.294 e. The first-order valence-electron chi connectivity index (χ1n) is 5.60. The molecule has 0 radical (unpaired) electrons. The zero-order chi connectivity index (χ0) is 13.1. The van der Waals surface area contributed by atoms with Crippen molar-refractivity contribution in [3.8, 4) is 0 Å². The van der Waals surface area contributed by atoms with Crippen molar-refractivity contribution in [2.75, 3.05) is 0 Å². The quantitative estimate of drug-likeness (QED) is 0.566. The van der Waals surface area contributed by atoms with E-state index in [2.05, 4.69) is 22.6 Å². The normalized spacial score (nSPS) is 10.4. The van der Waals surface area contributed by atoms with E-state index in [0.717, 1.165) is 20.3 Å². The summed E-state index contributed by atoms with van der Waals surface area (Å²) in [4.78, 5) is 12.1. The fourth-order valence-corrected chi connectivity index (χ4v) is 2.37. The van der Waals surface area contributed by atoms with Crippen LogP contribution >= 0.6 is 34.2 Å². The molecular weight excluding hydrogens is 359 g/mol. The second-order valence-corrected chi connectivity index (χ2v) is 5.85. The summed E-state index contributed by atoms with van der Waals surface area (Å²) in [6, 6.07) is 13.4. The van der Waals surface area contributed by atoms with Crippen LogP contribution in [0, 0.1) is 10.5 Å². The Morgan fingerprint density at radius 2 is 1.83 bits per heavy atom. The third-order valence-electron chi connectivity index (χ3n) is 2.73. The number of carbonyl (C=O) groups excluding carboxylic acids is 1. The number of benzene rings is 2. The topological polar surface area (TPSA) is 17.1 Å². The molecule has 0 amide bonds. The summed E-state index contributed by atoms with van der Waals surface area (Å²) in [6.07, 6.45) is 0.347. The predicted molar refractivity (Wildman–Crippen MR) is 83.4 cm³/mol. The van der Waals surface area contributed by atoms with Crippen LogP contribution in [0.1, 0.15) is 21.5 Å². The summed E-state index contributed by atoms with van der Waals surface area (Å²) in [7, 11) is 0. The van der Waals surface area contributed by atoms with Gasteiger partial charge in [-0.15, -0.1) is 0 Å². The van der Waals surface area contributed by atoms with Gasteiger partial charge in [-0.1, -0.05) is 35.9 Å². The van der Waals surface area contributed by atoms with Gasteiger partial charge < -0.3 is 0 Å². The lowest BCUT2D eigenvalue weighted by atomic mass is 10.0. The lowest BCUT2D eigenvalue weighted by Crippen LogP contribution is -2.04. The fraction of sp³-hybridized carbons (Fsp3) is 0.133.